The van der Waals surface area contributed by atoms with Gasteiger partial charge in [0.05, 0.1) is 18.5 Å². The predicted molar refractivity (Wildman–Crippen MR) is 50.8 cm³/mol. The van der Waals surface area contributed by atoms with Crippen molar-refractivity contribution in [1.82, 2.24) is 0 Å². The average molecular weight is 184 g/mol. The number of hydroxylamine groups is 1. The summed E-state index contributed by atoms with van der Waals surface area (Å²) in [4.78, 5) is 5.01. The van der Waals surface area contributed by atoms with Crippen molar-refractivity contribution in [3.05, 3.63) is 24.0 Å². The molecule has 4 heteroatoms. The molecule has 0 radical (unpaired) electrons. The van der Waals surface area contributed by atoms with E-state index in [-0.39, 0.29) is 5.82 Å². The maximum atomic E-state index is 12.8. The Labute approximate surface area is 76.9 Å². The Hall–Kier alpha value is -1.29. The van der Waals surface area contributed by atoms with E-state index in [1.54, 1.807) is 0 Å². The maximum absolute atomic E-state index is 12.8. The van der Waals surface area contributed by atoms with Crippen molar-refractivity contribution in [1.29, 1.82) is 0 Å². The van der Waals surface area contributed by atoms with Crippen molar-refractivity contribution in [3.63, 3.8) is 0 Å². The van der Waals surface area contributed by atoms with Gasteiger partial charge in [-0.2, -0.15) is 0 Å². The normalized spacial score (nSPS) is 10.1. The predicted octanol–water partition coefficient (Wildman–Crippen LogP) is 1.80. The van der Waals surface area contributed by atoms with E-state index in [0.717, 1.165) is 0 Å². The van der Waals surface area contributed by atoms with Crippen molar-refractivity contribution in [2.75, 3.05) is 24.5 Å². The van der Waals surface area contributed by atoms with Crippen molar-refractivity contribution in [2.45, 2.75) is 6.92 Å². The van der Waals surface area contributed by atoms with Crippen LogP contribution in [0.15, 0.2) is 18.2 Å². The molecule has 0 heterocycles. The lowest BCUT2D eigenvalue weighted by Gasteiger charge is -2.21. The van der Waals surface area contributed by atoms with Gasteiger partial charge in [0.2, 0.25) is 0 Å². The maximum Gasteiger partial charge on any atom is 0.125 e. The van der Waals surface area contributed by atoms with Gasteiger partial charge in [-0.3, -0.25) is 9.90 Å². The standard InChI is InChI=1S/C9H13FN2O/c1-3-12(13-2)9-6-7(10)4-5-8(9)11/h4-6H,3,11H2,1-2H3. The van der Waals surface area contributed by atoms with Crippen LogP contribution < -0.4 is 10.8 Å². The number of benzene rings is 1. The van der Waals surface area contributed by atoms with Crippen LogP contribution in [0, 0.1) is 5.82 Å². The fourth-order valence-electron chi connectivity index (χ4n) is 1.13. The van der Waals surface area contributed by atoms with E-state index in [0.29, 0.717) is 17.9 Å². The summed E-state index contributed by atoms with van der Waals surface area (Å²) in [5, 5.41) is 1.53. The quantitative estimate of drug-likeness (QED) is 0.575. The van der Waals surface area contributed by atoms with Crippen LogP contribution in [-0.4, -0.2) is 13.7 Å². The van der Waals surface area contributed by atoms with E-state index in [4.69, 9.17) is 10.6 Å². The molecule has 1 aromatic rings. The molecule has 0 spiro atoms. The molecule has 0 aliphatic heterocycles. The molecule has 0 fully saturated rings. The third-order valence-electron chi connectivity index (χ3n) is 1.77. The fraction of sp³-hybridized carbons (Fsp3) is 0.333. The number of nitrogens with two attached hydrogens (primary N) is 1. The van der Waals surface area contributed by atoms with Crippen LogP contribution in [0.4, 0.5) is 15.8 Å². The lowest BCUT2D eigenvalue weighted by molar-refractivity contribution is 0.171. The van der Waals surface area contributed by atoms with E-state index >= 15 is 0 Å². The Bertz CT molecular complexity index is 287. The fourth-order valence-corrected chi connectivity index (χ4v) is 1.13. The van der Waals surface area contributed by atoms with Gasteiger partial charge in [0, 0.05) is 12.6 Å². The van der Waals surface area contributed by atoms with Gasteiger partial charge in [0.15, 0.2) is 0 Å². The van der Waals surface area contributed by atoms with Gasteiger partial charge in [-0.25, -0.2) is 4.39 Å². The Kier molecular flexibility index (Phi) is 3.08. The summed E-state index contributed by atoms with van der Waals surface area (Å²) in [6.45, 7) is 2.51. The first-order valence-corrected chi connectivity index (χ1v) is 4.05. The number of hydrogen-bond acceptors (Lipinski definition) is 3. The van der Waals surface area contributed by atoms with Crippen LogP contribution in [-0.2, 0) is 4.84 Å². The lowest BCUT2D eigenvalue weighted by atomic mass is 10.2. The number of nitrogen functional groups attached to an aromatic ring is 1. The molecule has 0 unspecified atom stereocenters. The molecule has 0 amide bonds. The lowest BCUT2D eigenvalue weighted by Crippen LogP contribution is -2.22. The van der Waals surface area contributed by atoms with Crippen LogP contribution in [0.5, 0.6) is 0 Å². The molecular weight excluding hydrogens is 171 g/mol. The van der Waals surface area contributed by atoms with E-state index in [9.17, 15) is 4.39 Å². The summed E-state index contributed by atoms with van der Waals surface area (Å²) in [5.41, 5.74) is 6.72. The highest BCUT2D eigenvalue weighted by Crippen LogP contribution is 2.23. The van der Waals surface area contributed by atoms with Crippen LogP contribution in [0.2, 0.25) is 0 Å². The van der Waals surface area contributed by atoms with E-state index in [1.807, 2.05) is 6.92 Å². The van der Waals surface area contributed by atoms with Gasteiger partial charge >= 0.3 is 0 Å². The molecule has 0 saturated heterocycles. The van der Waals surface area contributed by atoms with Gasteiger partial charge in [0.1, 0.15) is 5.82 Å². The average Bonchev–Trinajstić information content (AvgIpc) is 2.13. The molecule has 0 saturated carbocycles. The number of hydrogen-bond donors (Lipinski definition) is 1. The minimum atomic E-state index is -0.320. The molecule has 2 N–H and O–H groups in total. The number of rotatable bonds is 3. The first-order valence-electron chi connectivity index (χ1n) is 4.05. The van der Waals surface area contributed by atoms with Crippen molar-refractivity contribution < 1.29 is 9.23 Å². The highest BCUT2D eigenvalue weighted by molar-refractivity contribution is 5.66. The number of nitrogens with zero attached hydrogens (tertiary/aromatic N) is 1. The summed E-state index contributed by atoms with van der Waals surface area (Å²) >= 11 is 0. The summed E-state index contributed by atoms with van der Waals surface area (Å²) in [5.74, 6) is -0.320. The molecule has 0 aliphatic carbocycles. The summed E-state index contributed by atoms with van der Waals surface area (Å²) in [6.07, 6.45) is 0. The zero-order valence-corrected chi connectivity index (χ0v) is 7.75. The second kappa shape index (κ2) is 4.09. The third kappa shape index (κ3) is 2.09. The Morgan fingerprint density at radius 3 is 2.77 bits per heavy atom. The Balaban J connectivity index is 3.03. The molecule has 1 aromatic carbocycles. The minimum absolute atomic E-state index is 0.320. The highest BCUT2D eigenvalue weighted by Gasteiger charge is 2.07. The molecule has 3 nitrogen and oxygen atoms in total. The van der Waals surface area contributed by atoms with Crippen molar-refractivity contribution in [2.24, 2.45) is 0 Å². The second-order valence-electron chi connectivity index (χ2n) is 2.58. The van der Waals surface area contributed by atoms with Crippen LogP contribution in [0.1, 0.15) is 6.92 Å². The molecule has 1 rings (SSSR count). The van der Waals surface area contributed by atoms with E-state index < -0.39 is 0 Å². The van der Waals surface area contributed by atoms with Gasteiger partial charge in [-0.05, 0) is 19.1 Å². The first kappa shape index (κ1) is 9.80. The van der Waals surface area contributed by atoms with Gasteiger partial charge in [-0.15, -0.1) is 0 Å². The van der Waals surface area contributed by atoms with Crippen molar-refractivity contribution in [3.8, 4) is 0 Å². The monoisotopic (exact) mass is 184 g/mol. The Morgan fingerprint density at radius 2 is 2.23 bits per heavy atom. The topological polar surface area (TPSA) is 38.5 Å². The zero-order valence-electron chi connectivity index (χ0n) is 7.75. The summed E-state index contributed by atoms with van der Waals surface area (Å²) < 4.78 is 12.8. The Morgan fingerprint density at radius 1 is 1.54 bits per heavy atom. The third-order valence-corrected chi connectivity index (χ3v) is 1.77. The van der Waals surface area contributed by atoms with Gasteiger partial charge < -0.3 is 5.73 Å². The van der Waals surface area contributed by atoms with Crippen LogP contribution in [0.25, 0.3) is 0 Å². The smallest absolute Gasteiger partial charge is 0.125 e. The largest absolute Gasteiger partial charge is 0.397 e. The summed E-state index contributed by atoms with van der Waals surface area (Å²) in [7, 11) is 1.52. The SMILES string of the molecule is CCN(OC)c1cc(F)ccc1N. The van der Waals surface area contributed by atoms with Crippen molar-refractivity contribution >= 4 is 11.4 Å². The van der Waals surface area contributed by atoms with E-state index in [2.05, 4.69) is 0 Å². The highest BCUT2D eigenvalue weighted by atomic mass is 19.1. The van der Waals surface area contributed by atoms with Crippen LogP contribution >= 0.6 is 0 Å². The van der Waals surface area contributed by atoms with E-state index in [1.165, 1.54) is 30.4 Å². The van der Waals surface area contributed by atoms with Gasteiger partial charge in [-0.1, -0.05) is 0 Å². The van der Waals surface area contributed by atoms with Crippen LogP contribution in [0.3, 0.4) is 0 Å². The molecule has 72 valence electrons. The molecule has 0 aromatic heterocycles. The summed E-state index contributed by atoms with van der Waals surface area (Å²) in [6, 6.07) is 4.19. The number of halogens is 1. The number of anilines is 2. The first-order chi connectivity index (χ1) is 6.19. The molecule has 0 bridgehead atoms. The molecule has 0 atom stereocenters. The van der Waals surface area contributed by atoms with Gasteiger partial charge in [0.25, 0.3) is 0 Å². The zero-order chi connectivity index (χ0) is 9.84. The molecule has 0 aliphatic rings. The minimum Gasteiger partial charge on any atom is -0.397 e. The molecule has 13 heavy (non-hydrogen) atoms. The molecular formula is C9H13FN2O. The second-order valence-corrected chi connectivity index (χ2v) is 2.58.